The fraction of sp³-hybridized carbons (Fsp3) is 0.786. The number of nitrogens with two attached hydrogens (primary N) is 1. The first-order valence-corrected chi connectivity index (χ1v) is 7.26. The van der Waals surface area contributed by atoms with Gasteiger partial charge in [-0.15, -0.1) is 5.10 Å². The quantitative estimate of drug-likeness (QED) is 0.826. The maximum atomic E-state index is 12.8. The van der Waals surface area contributed by atoms with Crippen LogP contribution in [0.15, 0.2) is 6.20 Å². The second-order valence-corrected chi connectivity index (χ2v) is 5.84. The number of hydrogen-bond donors (Lipinski definition) is 1. The summed E-state index contributed by atoms with van der Waals surface area (Å²) in [5, 5.41) is 7.90. The van der Waals surface area contributed by atoms with Crippen LogP contribution in [0.25, 0.3) is 0 Å². The zero-order valence-electron chi connectivity index (χ0n) is 11.9. The van der Waals surface area contributed by atoms with Gasteiger partial charge in [0.2, 0.25) is 0 Å². The first-order valence-electron chi connectivity index (χ1n) is 7.26. The molecule has 1 aliphatic rings. The van der Waals surface area contributed by atoms with E-state index >= 15 is 0 Å². The number of rotatable bonds is 5. The lowest BCUT2D eigenvalue weighted by molar-refractivity contribution is 0.0683. The van der Waals surface area contributed by atoms with E-state index in [1.165, 1.54) is 0 Å². The molecule has 1 fully saturated rings. The maximum absolute atomic E-state index is 12.8. The number of Topliss-reactive ketones (excluding diaryl/α,β-unsaturated/α-hetero) is 1. The molecule has 0 saturated heterocycles. The number of carbonyl (C=O) groups excluding carboxylic acids is 1. The Labute approximate surface area is 114 Å². The van der Waals surface area contributed by atoms with Gasteiger partial charge in [0, 0.05) is 18.5 Å². The van der Waals surface area contributed by atoms with Crippen molar-refractivity contribution in [1.82, 2.24) is 15.0 Å². The topological polar surface area (TPSA) is 73.8 Å². The first-order chi connectivity index (χ1) is 9.13. The minimum atomic E-state index is -0.389. The van der Waals surface area contributed by atoms with Gasteiger partial charge >= 0.3 is 0 Å². The second-order valence-electron chi connectivity index (χ2n) is 5.84. The van der Waals surface area contributed by atoms with Gasteiger partial charge in [-0.2, -0.15) is 0 Å². The zero-order valence-corrected chi connectivity index (χ0v) is 11.9. The molecule has 0 amide bonds. The Morgan fingerprint density at radius 3 is 2.79 bits per heavy atom. The highest BCUT2D eigenvalue weighted by molar-refractivity contribution is 5.99. The summed E-state index contributed by atoms with van der Waals surface area (Å²) in [6.07, 6.45) is 6.47. The van der Waals surface area contributed by atoms with Crippen LogP contribution >= 0.6 is 0 Å². The Balaban J connectivity index is 2.23. The van der Waals surface area contributed by atoms with Crippen LogP contribution in [0.5, 0.6) is 0 Å². The van der Waals surface area contributed by atoms with Gasteiger partial charge in [-0.05, 0) is 38.0 Å². The summed E-state index contributed by atoms with van der Waals surface area (Å²) in [6.45, 7) is 5.47. The molecule has 1 saturated carbocycles. The molecular formula is C14H24N4O. The standard InChI is InChI=1S/C14H24N4O/c1-3-8-18-12(9-16-17-18)13(19)14(10-15)6-4-11(2)5-7-14/h9,11H,3-8,10,15H2,1-2H3. The van der Waals surface area contributed by atoms with E-state index in [9.17, 15) is 4.79 Å². The normalized spacial score (nSPS) is 27.4. The summed E-state index contributed by atoms with van der Waals surface area (Å²) >= 11 is 0. The van der Waals surface area contributed by atoms with E-state index in [1.54, 1.807) is 10.9 Å². The van der Waals surface area contributed by atoms with Crippen LogP contribution in [0, 0.1) is 11.3 Å². The molecule has 106 valence electrons. The highest BCUT2D eigenvalue weighted by Gasteiger charge is 2.41. The predicted molar refractivity (Wildman–Crippen MR) is 73.8 cm³/mol. The number of ketones is 1. The Morgan fingerprint density at radius 1 is 1.53 bits per heavy atom. The summed E-state index contributed by atoms with van der Waals surface area (Å²) in [5.74, 6) is 0.839. The fourth-order valence-corrected chi connectivity index (χ4v) is 2.92. The van der Waals surface area contributed by atoms with Crippen molar-refractivity contribution in [2.45, 2.75) is 52.5 Å². The molecule has 1 aromatic rings. The lowest BCUT2D eigenvalue weighted by Gasteiger charge is -2.37. The molecular weight excluding hydrogens is 240 g/mol. The van der Waals surface area contributed by atoms with E-state index in [0.717, 1.165) is 38.6 Å². The number of nitrogens with zero attached hydrogens (tertiary/aromatic N) is 3. The Kier molecular flexibility index (Phi) is 4.34. The van der Waals surface area contributed by atoms with Crippen molar-refractivity contribution in [3.8, 4) is 0 Å². The molecule has 1 heterocycles. The minimum Gasteiger partial charge on any atom is -0.329 e. The molecule has 0 bridgehead atoms. The molecule has 0 spiro atoms. The van der Waals surface area contributed by atoms with Gasteiger partial charge in [-0.25, -0.2) is 4.68 Å². The largest absolute Gasteiger partial charge is 0.329 e. The van der Waals surface area contributed by atoms with Gasteiger partial charge in [-0.1, -0.05) is 19.1 Å². The van der Waals surface area contributed by atoms with Gasteiger partial charge in [0.05, 0.1) is 6.20 Å². The van der Waals surface area contributed by atoms with Gasteiger partial charge in [0.15, 0.2) is 5.78 Å². The van der Waals surface area contributed by atoms with Crippen molar-refractivity contribution < 1.29 is 4.79 Å². The SMILES string of the molecule is CCCn1nncc1C(=O)C1(CN)CCC(C)CC1. The monoisotopic (exact) mass is 264 g/mol. The van der Waals surface area contributed by atoms with Crippen LogP contribution in [-0.4, -0.2) is 27.3 Å². The summed E-state index contributed by atoms with van der Waals surface area (Å²) in [4.78, 5) is 12.8. The molecule has 1 aliphatic carbocycles. The zero-order chi connectivity index (χ0) is 13.9. The van der Waals surface area contributed by atoms with Crippen LogP contribution in [-0.2, 0) is 6.54 Å². The summed E-state index contributed by atoms with van der Waals surface area (Å²) in [6, 6.07) is 0. The van der Waals surface area contributed by atoms with Crippen LogP contribution in [0.2, 0.25) is 0 Å². The molecule has 0 unspecified atom stereocenters. The average Bonchev–Trinajstić information content (AvgIpc) is 2.88. The molecule has 5 nitrogen and oxygen atoms in total. The molecule has 5 heteroatoms. The van der Waals surface area contributed by atoms with Gasteiger partial charge in [0.1, 0.15) is 5.69 Å². The maximum Gasteiger partial charge on any atom is 0.189 e. The molecule has 19 heavy (non-hydrogen) atoms. The Bertz CT molecular complexity index is 432. The Morgan fingerprint density at radius 2 is 2.21 bits per heavy atom. The van der Waals surface area contributed by atoms with E-state index in [2.05, 4.69) is 24.2 Å². The third-order valence-corrected chi connectivity index (χ3v) is 4.39. The molecule has 2 N–H and O–H groups in total. The summed E-state index contributed by atoms with van der Waals surface area (Å²) < 4.78 is 1.72. The summed E-state index contributed by atoms with van der Waals surface area (Å²) in [7, 11) is 0. The van der Waals surface area contributed by atoms with Crippen LogP contribution in [0.1, 0.15) is 56.4 Å². The smallest absolute Gasteiger partial charge is 0.189 e. The van der Waals surface area contributed by atoms with Crippen molar-refractivity contribution in [2.24, 2.45) is 17.1 Å². The van der Waals surface area contributed by atoms with Gasteiger partial charge in [0.25, 0.3) is 0 Å². The number of aryl methyl sites for hydroxylation is 1. The lowest BCUT2D eigenvalue weighted by Crippen LogP contribution is -2.42. The van der Waals surface area contributed by atoms with E-state index < -0.39 is 0 Å². The third kappa shape index (κ3) is 2.71. The lowest BCUT2D eigenvalue weighted by atomic mass is 9.68. The first kappa shape index (κ1) is 14.2. The number of hydrogen-bond acceptors (Lipinski definition) is 4. The highest BCUT2D eigenvalue weighted by Crippen LogP contribution is 2.40. The Hall–Kier alpha value is -1.23. The van der Waals surface area contributed by atoms with Gasteiger partial charge < -0.3 is 5.73 Å². The molecule has 1 aromatic heterocycles. The van der Waals surface area contributed by atoms with Gasteiger partial charge in [-0.3, -0.25) is 4.79 Å². The predicted octanol–water partition coefficient (Wildman–Crippen LogP) is 2.03. The molecule has 0 aliphatic heterocycles. The minimum absolute atomic E-state index is 0.139. The fourth-order valence-electron chi connectivity index (χ4n) is 2.92. The van der Waals surface area contributed by atoms with E-state index in [0.29, 0.717) is 18.2 Å². The number of aromatic nitrogens is 3. The van der Waals surface area contributed by atoms with Crippen LogP contribution in [0.4, 0.5) is 0 Å². The van der Waals surface area contributed by atoms with Crippen molar-refractivity contribution in [3.63, 3.8) is 0 Å². The summed E-state index contributed by atoms with van der Waals surface area (Å²) in [5.41, 5.74) is 6.18. The van der Waals surface area contributed by atoms with E-state index in [-0.39, 0.29) is 11.2 Å². The van der Waals surface area contributed by atoms with Crippen molar-refractivity contribution in [2.75, 3.05) is 6.54 Å². The average molecular weight is 264 g/mol. The number of carbonyl (C=O) groups is 1. The molecule has 2 rings (SSSR count). The molecule has 0 atom stereocenters. The van der Waals surface area contributed by atoms with E-state index in [1.807, 2.05) is 0 Å². The van der Waals surface area contributed by atoms with Crippen molar-refractivity contribution in [1.29, 1.82) is 0 Å². The van der Waals surface area contributed by atoms with Crippen molar-refractivity contribution in [3.05, 3.63) is 11.9 Å². The van der Waals surface area contributed by atoms with Crippen LogP contribution < -0.4 is 5.73 Å². The van der Waals surface area contributed by atoms with Crippen molar-refractivity contribution >= 4 is 5.78 Å². The molecule has 0 radical (unpaired) electrons. The molecule has 0 aromatic carbocycles. The highest BCUT2D eigenvalue weighted by atomic mass is 16.1. The third-order valence-electron chi connectivity index (χ3n) is 4.39. The van der Waals surface area contributed by atoms with Crippen LogP contribution in [0.3, 0.4) is 0 Å². The second kappa shape index (κ2) is 5.82. The van der Waals surface area contributed by atoms with E-state index in [4.69, 9.17) is 5.73 Å².